The summed E-state index contributed by atoms with van der Waals surface area (Å²) in [6.45, 7) is 0. The van der Waals surface area contributed by atoms with E-state index in [1.165, 1.54) is 105 Å². The second kappa shape index (κ2) is 11.0. The number of rotatable bonds is 3. The van der Waals surface area contributed by atoms with E-state index in [2.05, 4.69) is 179 Å². The van der Waals surface area contributed by atoms with Gasteiger partial charge >= 0.3 is 313 Å². The first-order chi connectivity index (χ1) is 25.8. The van der Waals surface area contributed by atoms with Crippen molar-refractivity contribution in [3.05, 3.63) is 170 Å². The molecule has 0 amide bonds. The molecule has 0 bridgehead atoms. The third-order valence-electron chi connectivity index (χ3n) is 10.9. The molecule has 52 heavy (non-hydrogen) atoms. The molecule has 4 heterocycles. The second-order valence-corrected chi connectivity index (χ2v) is 18.3. The normalized spacial score (nSPS) is 12.2. The van der Waals surface area contributed by atoms with Crippen LogP contribution in [0.3, 0.4) is 0 Å². The molecule has 0 radical (unpaired) electrons. The van der Waals surface area contributed by atoms with Crippen LogP contribution in [0.4, 0.5) is 0 Å². The zero-order chi connectivity index (χ0) is 33.9. The van der Waals surface area contributed by atoms with E-state index < -0.39 is 0 Å². The van der Waals surface area contributed by atoms with Gasteiger partial charge in [-0.3, -0.25) is 0 Å². The van der Waals surface area contributed by atoms with Crippen LogP contribution in [0.5, 0.6) is 0 Å². The van der Waals surface area contributed by atoms with Gasteiger partial charge in [-0.05, 0) is 0 Å². The van der Waals surface area contributed by atoms with Gasteiger partial charge in [0, 0.05) is 0 Å². The van der Waals surface area contributed by atoms with Crippen molar-refractivity contribution in [1.82, 2.24) is 9.13 Å². The van der Waals surface area contributed by atoms with Crippen molar-refractivity contribution < 1.29 is 0 Å². The molecule has 4 aromatic heterocycles. The molecule has 8 aromatic carbocycles. The van der Waals surface area contributed by atoms with Crippen molar-refractivity contribution in [3.63, 3.8) is 0 Å². The molecule has 0 saturated heterocycles. The van der Waals surface area contributed by atoms with E-state index in [1.807, 2.05) is 0 Å². The summed E-state index contributed by atoms with van der Waals surface area (Å²) < 4.78 is 10.9. The van der Waals surface area contributed by atoms with Crippen LogP contribution in [0.25, 0.3) is 105 Å². The molecule has 0 N–H and O–H groups in total. The summed E-state index contributed by atoms with van der Waals surface area (Å²) in [5.74, 6) is 0. The Balaban J connectivity index is 1.05. The summed E-state index contributed by atoms with van der Waals surface area (Å²) in [5.41, 5.74) is 9.85. The number of aromatic nitrogens is 2. The van der Waals surface area contributed by atoms with E-state index in [4.69, 9.17) is 0 Å². The first-order valence-corrected chi connectivity index (χ1v) is 21.1. The maximum atomic E-state index is 2.48. The van der Waals surface area contributed by atoms with Gasteiger partial charge < -0.3 is 0 Å². The number of benzene rings is 8. The summed E-state index contributed by atoms with van der Waals surface area (Å²) in [4.78, 5) is 0. The molecule has 0 aliphatic rings. The van der Waals surface area contributed by atoms with Crippen molar-refractivity contribution >= 4 is 111 Å². The monoisotopic (exact) mass is 792 g/mol. The molecule has 0 spiro atoms. The van der Waals surface area contributed by atoms with E-state index >= 15 is 0 Å². The summed E-state index contributed by atoms with van der Waals surface area (Å²) in [6, 6.07) is 63.7. The van der Waals surface area contributed by atoms with Crippen molar-refractivity contribution in [2.24, 2.45) is 0 Å². The third-order valence-corrected chi connectivity index (χ3v) is 15.6. The van der Waals surface area contributed by atoms with Crippen molar-refractivity contribution in [2.75, 3.05) is 0 Å². The third kappa shape index (κ3) is 4.12. The Labute approximate surface area is 310 Å². The van der Waals surface area contributed by atoms with Crippen LogP contribution in [-0.2, 0) is 0 Å². The molecule has 2 nitrogen and oxygen atoms in total. The van der Waals surface area contributed by atoms with Gasteiger partial charge in [-0.2, -0.15) is 0 Å². The molecule has 242 valence electrons. The predicted octanol–water partition coefficient (Wildman–Crippen LogP) is 12.3. The molecule has 12 rings (SSSR count). The standard InChI is InChI=1S/C48H28N2Se2/c1-5-19-41-33(15-1)37-25-39-35-17-3-7-21-45(35)51-47(39)27-43(37)49(41)31-13-9-11-29(23-31)30-12-10-14-32(24-30)50-42-20-6-2-16-34(42)38-26-40-36-18-4-8-22-46(36)52-48(40)28-44(38)50/h1-28H. The Morgan fingerprint density at radius 1 is 0.269 bits per heavy atom. The number of para-hydroxylation sites is 2. The van der Waals surface area contributed by atoms with E-state index in [0.29, 0.717) is 29.0 Å². The average Bonchev–Trinajstić information content (AvgIpc) is 3.93. The van der Waals surface area contributed by atoms with E-state index in [1.54, 1.807) is 0 Å². The molecule has 0 fully saturated rings. The zero-order valence-electron chi connectivity index (χ0n) is 27.9. The topological polar surface area (TPSA) is 9.86 Å². The van der Waals surface area contributed by atoms with Crippen LogP contribution in [0, 0.1) is 0 Å². The molecule has 4 heteroatoms. The SMILES string of the molecule is c1cc(-c2cccc(-n3c4ccccc4c4cc5c(cc43)[se]c3ccccc35)c2)cc(-n2c3ccccc3c3cc4c(cc32)[se]c2ccccc24)c1. The van der Waals surface area contributed by atoms with Crippen LogP contribution in [0.2, 0.25) is 0 Å². The van der Waals surface area contributed by atoms with E-state index in [0.717, 1.165) is 0 Å². The van der Waals surface area contributed by atoms with Crippen LogP contribution >= 0.6 is 0 Å². The number of nitrogens with zero attached hydrogens (tertiary/aromatic N) is 2. The minimum atomic E-state index is 0.307. The Bertz CT molecular complexity index is 3190. The predicted molar refractivity (Wildman–Crippen MR) is 224 cm³/mol. The fourth-order valence-corrected chi connectivity index (χ4v) is 13.3. The Kier molecular flexibility index (Phi) is 6.11. The van der Waals surface area contributed by atoms with Crippen LogP contribution < -0.4 is 0 Å². The van der Waals surface area contributed by atoms with Gasteiger partial charge in [-0.25, -0.2) is 0 Å². The Hall–Kier alpha value is -5.60. The van der Waals surface area contributed by atoms with Gasteiger partial charge in [0.2, 0.25) is 0 Å². The zero-order valence-corrected chi connectivity index (χ0v) is 31.3. The van der Waals surface area contributed by atoms with Crippen molar-refractivity contribution in [2.45, 2.75) is 0 Å². The van der Waals surface area contributed by atoms with Gasteiger partial charge in [0.15, 0.2) is 0 Å². The van der Waals surface area contributed by atoms with Gasteiger partial charge in [0.05, 0.1) is 0 Å². The first-order valence-electron chi connectivity index (χ1n) is 17.7. The molecule has 0 atom stereocenters. The minimum absolute atomic E-state index is 0.307. The van der Waals surface area contributed by atoms with Crippen LogP contribution in [-0.4, -0.2) is 38.1 Å². The summed E-state index contributed by atoms with van der Waals surface area (Å²) in [7, 11) is 0. The Morgan fingerprint density at radius 2 is 0.692 bits per heavy atom. The number of fused-ring (bicyclic) bond motifs is 12. The molecular weight excluding hydrogens is 762 g/mol. The maximum absolute atomic E-state index is 2.48. The molecule has 0 aliphatic carbocycles. The van der Waals surface area contributed by atoms with Gasteiger partial charge in [0.25, 0.3) is 0 Å². The van der Waals surface area contributed by atoms with Crippen LogP contribution in [0.15, 0.2) is 170 Å². The second-order valence-electron chi connectivity index (χ2n) is 13.7. The quantitative estimate of drug-likeness (QED) is 0.158. The number of hydrogen-bond acceptors (Lipinski definition) is 0. The fourth-order valence-electron chi connectivity index (χ4n) is 8.58. The summed E-state index contributed by atoms with van der Waals surface area (Å²) in [6.07, 6.45) is 0. The van der Waals surface area contributed by atoms with Gasteiger partial charge in [-0.1, -0.05) is 0 Å². The average molecular weight is 791 g/mol. The van der Waals surface area contributed by atoms with E-state index in [9.17, 15) is 0 Å². The molecule has 0 unspecified atom stereocenters. The molecule has 0 saturated carbocycles. The fraction of sp³-hybridized carbons (Fsp3) is 0. The summed E-state index contributed by atoms with van der Waals surface area (Å²) in [5, 5.41) is 10.8. The van der Waals surface area contributed by atoms with E-state index in [-0.39, 0.29) is 0 Å². The van der Waals surface area contributed by atoms with Crippen molar-refractivity contribution in [3.8, 4) is 22.5 Å². The van der Waals surface area contributed by atoms with Gasteiger partial charge in [0.1, 0.15) is 0 Å². The van der Waals surface area contributed by atoms with Crippen molar-refractivity contribution in [1.29, 1.82) is 0 Å². The van der Waals surface area contributed by atoms with Crippen LogP contribution in [0.1, 0.15) is 0 Å². The van der Waals surface area contributed by atoms with Gasteiger partial charge in [-0.15, -0.1) is 0 Å². The molecule has 12 aromatic rings. The molecule has 0 aliphatic heterocycles. The molecular formula is C48H28N2Se2. The number of hydrogen-bond donors (Lipinski definition) is 0. The summed E-state index contributed by atoms with van der Waals surface area (Å²) >= 11 is 0.614. The Morgan fingerprint density at radius 3 is 1.17 bits per heavy atom. The first kappa shape index (κ1) is 29.0.